The van der Waals surface area contributed by atoms with Gasteiger partial charge in [0.05, 0.1) is 6.10 Å². The van der Waals surface area contributed by atoms with Gasteiger partial charge in [-0.2, -0.15) is 0 Å². The molecule has 2 saturated carbocycles. The van der Waals surface area contributed by atoms with Crippen LogP contribution in [0.1, 0.15) is 51.0 Å². The van der Waals surface area contributed by atoms with Crippen LogP contribution >= 0.6 is 0 Å². The van der Waals surface area contributed by atoms with E-state index in [1.165, 1.54) is 31.7 Å². The van der Waals surface area contributed by atoms with Gasteiger partial charge < -0.3 is 10.1 Å². The number of hydrogen-bond donors (Lipinski definition) is 1. The molecule has 0 spiro atoms. The van der Waals surface area contributed by atoms with Crippen LogP contribution in [0.15, 0.2) is 18.2 Å². The molecule has 0 heterocycles. The van der Waals surface area contributed by atoms with Crippen LogP contribution < -0.4 is 10.1 Å². The number of rotatable bonds is 5. The van der Waals surface area contributed by atoms with Crippen LogP contribution in [0.25, 0.3) is 0 Å². The Kier molecular flexibility index (Phi) is 4.25. The van der Waals surface area contributed by atoms with E-state index in [-0.39, 0.29) is 11.9 Å². The van der Waals surface area contributed by atoms with E-state index in [9.17, 15) is 4.39 Å². The molecule has 3 rings (SSSR count). The molecule has 0 radical (unpaired) electrons. The molecule has 2 nitrogen and oxygen atoms in total. The number of para-hydroxylation sites is 1. The second-order valence-corrected chi connectivity index (χ2v) is 6.39. The zero-order valence-electron chi connectivity index (χ0n) is 12.2. The van der Waals surface area contributed by atoms with Gasteiger partial charge in [-0.1, -0.05) is 25.5 Å². The van der Waals surface area contributed by atoms with E-state index < -0.39 is 0 Å². The highest BCUT2D eigenvalue weighted by molar-refractivity contribution is 5.35. The number of nitrogens with one attached hydrogen (secondary N) is 1. The first kappa shape index (κ1) is 13.9. The summed E-state index contributed by atoms with van der Waals surface area (Å²) in [5.41, 5.74) is 0.954. The van der Waals surface area contributed by atoms with Gasteiger partial charge in [-0.3, -0.25) is 0 Å². The molecule has 2 aliphatic rings. The lowest BCUT2D eigenvalue weighted by Crippen LogP contribution is -2.25. The molecule has 2 atom stereocenters. The Morgan fingerprint density at radius 3 is 2.85 bits per heavy atom. The normalized spacial score (nSPS) is 26.5. The van der Waals surface area contributed by atoms with Gasteiger partial charge in [0.15, 0.2) is 11.6 Å². The van der Waals surface area contributed by atoms with Gasteiger partial charge in [0.25, 0.3) is 0 Å². The van der Waals surface area contributed by atoms with Gasteiger partial charge in [-0.15, -0.1) is 0 Å². The highest BCUT2D eigenvalue weighted by Gasteiger charge is 2.24. The number of hydrogen-bond acceptors (Lipinski definition) is 2. The molecule has 0 aliphatic heterocycles. The maximum Gasteiger partial charge on any atom is 0.165 e. The van der Waals surface area contributed by atoms with E-state index in [1.807, 2.05) is 6.07 Å². The molecule has 0 amide bonds. The summed E-state index contributed by atoms with van der Waals surface area (Å²) >= 11 is 0. The minimum Gasteiger partial charge on any atom is -0.487 e. The first-order chi connectivity index (χ1) is 9.72. The van der Waals surface area contributed by atoms with Gasteiger partial charge in [-0.25, -0.2) is 4.39 Å². The fourth-order valence-corrected chi connectivity index (χ4v) is 3.02. The smallest absolute Gasteiger partial charge is 0.165 e. The Bertz CT molecular complexity index is 458. The highest BCUT2D eigenvalue weighted by atomic mass is 19.1. The fraction of sp³-hybridized carbons (Fsp3) is 0.647. The third-order valence-corrected chi connectivity index (χ3v) is 4.38. The summed E-state index contributed by atoms with van der Waals surface area (Å²) in [5.74, 6) is 0.937. The Labute approximate surface area is 120 Å². The summed E-state index contributed by atoms with van der Waals surface area (Å²) in [6.07, 6.45) is 7.22. The first-order valence-electron chi connectivity index (χ1n) is 7.90. The van der Waals surface area contributed by atoms with E-state index >= 15 is 0 Å². The van der Waals surface area contributed by atoms with Gasteiger partial charge >= 0.3 is 0 Å². The monoisotopic (exact) mass is 277 g/mol. The average molecular weight is 277 g/mol. The average Bonchev–Trinajstić information content (AvgIpc) is 3.24. The van der Waals surface area contributed by atoms with E-state index in [4.69, 9.17) is 4.74 Å². The van der Waals surface area contributed by atoms with Gasteiger partial charge in [-0.05, 0) is 44.1 Å². The highest BCUT2D eigenvalue weighted by Crippen LogP contribution is 2.31. The van der Waals surface area contributed by atoms with E-state index in [2.05, 4.69) is 12.2 Å². The summed E-state index contributed by atoms with van der Waals surface area (Å²) in [4.78, 5) is 0. The summed E-state index contributed by atoms with van der Waals surface area (Å²) in [5, 5.41) is 3.44. The van der Waals surface area contributed by atoms with Crippen molar-refractivity contribution in [2.75, 3.05) is 0 Å². The molecule has 0 saturated heterocycles. The molecule has 1 aromatic carbocycles. The van der Waals surface area contributed by atoms with Crippen molar-refractivity contribution in [1.29, 1.82) is 0 Å². The molecule has 2 fully saturated rings. The quantitative estimate of drug-likeness (QED) is 0.877. The van der Waals surface area contributed by atoms with E-state index in [1.54, 1.807) is 6.07 Å². The summed E-state index contributed by atoms with van der Waals surface area (Å²) < 4.78 is 20.1. The third-order valence-electron chi connectivity index (χ3n) is 4.38. The topological polar surface area (TPSA) is 21.3 Å². The SMILES string of the molecule is CC1CCCC(Oc2c(F)cccc2CNC2CC2)C1. The molecule has 1 aromatic rings. The minimum absolute atomic E-state index is 0.176. The van der Waals surface area contributed by atoms with Crippen LogP contribution in [-0.4, -0.2) is 12.1 Å². The summed E-state index contributed by atoms with van der Waals surface area (Å²) in [6, 6.07) is 5.87. The van der Waals surface area contributed by atoms with Crippen molar-refractivity contribution in [3.8, 4) is 5.75 Å². The van der Waals surface area contributed by atoms with Gasteiger partial charge in [0.1, 0.15) is 0 Å². The van der Waals surface area contributed by atoms with Crippen molar-refractivity contribution in [2.24, 2.45) is 5.92 Å². The Balaban J connectivity index is 1.69. The zero-order valence-corrected chi connectivity index (χ0v) is 12.2. The summed E-state index contributed by atoms with van der Waals surface area (Å²) in [6.45, 7) is 2.96. The van der Waals surface area contributed by atoms with Crippen LogP contribution in [0, 0.1) is 11.7 Å². The second kappa shape index (κ2) is 6.13. The van der Waals surface area contributed by atoms with Crippen LogP contribution in [-0.2, 0) is 6.54 Å². The molecule has 2 unspecified atom stereocenters. The predicted octanol–water partition coefficient (Wildman–Crippen LogP) is 4.04. The van der Waals surface area contributed by atoms with E-state index in [0.29, 0.717) is 24.3 Å². The van der Waals surface area contributed by atoms with Crippen molar-refractivity contribution in [3.63, 3.8) is 0 Å². The Hall–Kier alpha value is -1.09. The molecule has 1 N–H and O–H groups in total. The number of benzene rings is 1. The van der Waals surface area contributed by atoms with Crippen LogP contribution in [0.2, 0.25) is 0 Å². The lowest BCUT2D eigenvalue weighted by atomic mass is 9.88. The minimum atomic E-state index is -0.224. The lowest BCUT2D eigenvalue weighted by Gasteiger charge is -2.28. The Morgan fingerprint density at radius 2 is 2.10 bits per heavy atom. The lowest BCUT2D eigenvalue weighted by molar-refractivity contribution is 0.122. The molecule has 0 aromatic heterocycles. The first-order valence-corrected chi connectivity index (χ1v) is 7.90. The molecular weight excluding hydrogens is 253 g/mol. The summed E-state index contributed by atoms with van der Waals surface area (Å²) in [7, 11) is 0. The zero-order chi connectivity index (χ0) is 13.9. The molecule has 20 heavy (non-hydrogen) atoms. The van der Waals surface area contributed by atoms with Crippen LogP contribution in [0.4, 0.5) is 4.39 Å². The molecule has 110 valence electrons. The van der Waals surface area contributed by atoms with Gasteiger partial charge in [0, 0.05) is 18.2 Å². The number of ether oxygens (including phenoxy) is 1. The van der Waals surface area contributed by atoms with Crippen molar-refractivity contribution < 1.29 is 9.13 Å². The molecule has 3 heteroatoms. The number of halogens is 1. The van der Waals surface area contributed by atoms with Crippen LogP contribution in [0.5, 0.6) is 5.75 Å². The van der Waals surface area contributed by atoms with Crippen LogP contribution in [0.3, 0.4) is 0 Å². The maximum absolute atomic E-state index is 14.1. The second-order valence-electron chi connectivity index (χ2n) is 6.39. The third kappa shape index (κ3) is 3.51. The molecular formula is C17H24FNO. The Morgan fingerprint density at radius 1 is 1.25 bits per heavy atom. The van der Waals surface area contributed by atoms with E-state index in [0.717, 1.165) is 18.4 Å². The fourth-order valence-electron chi connectivity index (χ4n) is 3.02. The largest absolute Gasteiger partial charge is 0.487 e. The standard InChI is InChI=1S/C17H24FNO/c1-12-4-2-6-15(10-12)20-17-13(5-3-7-16(17)18)11-19-14-8-9-14/h3,5,7,12,14-15,19H,2,4,6,8-11H2,1H3. The van der Waals surface area contributed by atoms with Gasteiger partial charge in [0.2, 0.25) is 0 Å². The van der Waals surface area contributed by atoms with Crippen molar-refractivity contribution >= 4 is 0 Å². The maximum atomic E-state index is 14.1. The van der Waals surface area contributed by atoms with Crippen molar-refractivity contribution in [2.45, 2.75) is 64.1 Å². The molecule has 0 bridgehead atoms. The van der Waals surface area contributed by atoms with Crippen molar-refractivity contribution in [3.05, 3.63) is 29.6 Å². The van der Waals surface area contributed by atoms with Crippen molar-refractivity contribution in [1.82, 2.24) is 5.32 Å². The predicted molar refractivity (Wildman–Crippen MR) is 78.3 cm³/mol. The molecule has 2 aliphatic carbocycles.